The molecule has 0 aliphatic heterocycles. The predicted molar refractivity (Wildman–Crippen MR) is 78.8 cm³/mol. The lowest BCUT2D eigenvalue weighted by molar-refractivity contribution is 0.0690. The molecule has 5 nitrogen and oxygen atoms in total. The van der Waals surface area contributed by atoms with Crippen LogP contribution < -0.4 is 5.73 Å². The quantitative estimate of drug-likeness (QED) is 0.901. The number of hydrogen-bond acceptors (Lipinski definition) is 3. The molecular formula is C15H19N3O2. The molecule has 0 aliphatic carbocycles. The Morgan fingerprint density at radius 2 is 2.05 bits per heavy atom. The van der Waals surface area contributed by atoms with Gasteiger partial charge in [0.15, 0.2) is 5.69 Å². The zero-order valence-electron chi connectivity index (χ0n) is 12.1. The Hall–Kier alpha value is -2.30. The number of aryl methyl sites for hydroxylation is 2. The van der Waals surface area contributed by atoms with Crippen molar-refractivity contribution in [3.8, 4) is 11.1 Å². The number of nitrogen functional groups attached to an aromatic ring is 1. The third-order valence-corrected chi connectivity index (χ3v) is 3.49. The topological polar surface area (TPSA) is 81.1 Å². The maximum atomic E-state index is 11.4. The van der Waals surface area contributed by atoms with Crippen LogP contribution in [0.1, 0.15) is 41.4 Å². The molecule has 0 unspecified atom stereocenters. The monoisotopic (exact) mass is 273 g/mol. The van der Waals surface area contributed by atoms with Crippen LogP contribution in [0.25, 0.3) is 11.1 Å². The summed E-state index contributed by atoms with van der Waals surface area (Å²) in [5, 5.41) is 13.3. The molecule has 0 amide bonds. The van der Waals surface area contributed by atoms with E-state index in [0.717, 1.165) is 16.7 Å². The van der Waals surface area contributed by atoms with Gasteiger partial charge in [0.05, 0.1) is 5.56 Å². The Balaban J connectivity index is 2.74. The average Bonchev–Trinajstić information content (AvgIpc) is 2.67. The van der Waals surface area contributed by atoms with Crippen molar-refractivity contribution in [2.75, 3.05) is 5.73 Å². The lowest BCUT2D eigenvalue weighted by atomic mass is 9.93. The van der Waals surface area contributed by atoms with E-state index in [2.05, 4.69) is 25.0 Å². The van der Waals surface area contributed by atoms with Crippen molar-refractivity contribution < 1.29 is 9.90 Å². The summed E-state index contributed by atoms with van der Waals surface area (Å²) in [5.74, 6) is -0.339. The molecule has 2 rings (SSSR count). The molecule has 20 heavy (non-hydrogen) atoms. The van der Waals surface area contributed by atoms with E-state index < -0.39 is 5.97 Å². The first-order valence-electron chi connectivity index (χ1n) is 6.49. The number of aromatic nitrogens is 2. The van der Waals surface area contributed by atoms with Crippen LogP contribution in [0.5, 0.6) is 0 Å². The minimum absolute atomic E-state index is 0.00555. The third kappa shape index (κ3) is 2.27. The van der Waals surface area contributed by atoms with Gasteiger partial charge in [-0.15, -0.1) is 0 Å². The number of carboxylic acids is 1. The summed E-state index contributed by atoms with van der Waals surface area (Å²) in [6.45, 7) is 6.13. The fraction of sp³-hybridized carbons (Fsp3) is 0.333. The molecule has 1 heterocycles. The summed E-state index contributed by atoms with van der Waals surface area (Å²) < 4.78 is 1.40. The number of carbonyl (C=O) groups is 1. The van der Waals surface area contributed by atoms with E-state index in [-0.39, 0.29) is 5.69 Å². The molecule has 0 radical (unpaired) electrons. The first-order chi connectivity index (χ1) is 9.32. The summed E-state index contributed by atoms with van der Waals surface area (Å²) >= 11 is 0. The molecule has 1 aromatic heterocycles. The molecule has 0 aliphatic rings. The Kier molecular flexibility index (Phi) is 3.53. The summed E-state index contributed by atoms with van der Waals surface area (Å²) in [5.41, 5.74) is 9.46. The summed E-state index contributed by atoms with van der Waals surface area (Å²) in [6, 6.07) is 6.04. The van der Waals surface area contributed by atoms with Crippen LogP contribution in [-0.2, 0) is 7.05 Å². The predicted octanol–water partition coefficient (Wildman–Crippen LogP) is 2.80. The Labute approximate surface area is 118 Å². The molecule has 0 saturated carbocycles. The maximum Gasteiger partial charge on any atom is 0.357 e. The molecule has 106 valence electrons. The first-order valence-corrected chi connectivity index (χ1v) is 6.49. The highest BCUT2D eigenvalue weighted by atomic mass is 16.4. The van der Waals surface area contributed by atoms with E-state index >= 15 is 0 Å². The van der Waals surface area contributed by atoms with E-state index in [9.17, 15) is 9.90 Å². The van der Waals surface area contributed by atoms with Crippen LogP contribution >= 0.6 is 0 Å². The van der Waals surface area contributed by atoms with Crippen molar-refractivity contribution >= 4 is 11.8 Å². The van der Waals surface area contributed by atoms with Gasteiger partial charge in [0.2, 0.25) is 0 Å². The second-order valence-electron chi connectivity index (χ2n) is 5.27. The molecule has 2 aromatic rings. The smallest absolute Gasteiger partial charge is 0.357 e. The molecule has 0 bridgehead atoms. The van der Waals surface area contributed by atoms with E-state index in [0.29, 0.717) is 17.3 Å². The second-order valence-corrected chi connectivity index (χ2v) is 5.27. The van der Waals surface area contributed by atoms with Gasteiger partial charge in [-0.3, -0.25) is 4.68 Å². The Morgan fingerprint density at radius 1 is 1.40 bits per heavy atom. The van der Waals surface area contributed by atoms with Crippen molar-refractivity contribution in [1.82, 2.24) is 9.78 Å². The van der Waals surface area contributed by atoms with Gasteiger partial charge in [-0.05, 0) is 29.5 Å². The summed E-state index contributed by atoms with van der Waals surface area (Å²) in [6.07, 6.45) is 0. The van der Waals surface area contributed by atoms with Gasteiger partial charge in [-0.2, -0.15) is 5.10 Å². The second kappa shape index (κ2) is 5.00. The molecule has 0 fully saturated rings. The first kappa shape index (κ1) is 14.1. The molecule has 0 atom stereocenters. The lowest BCUT2D eigenvalue weighted by Gasteiger charge is -2.11. The fourth-order valence-electron chi connectivity index (χ4n) is 2.22. The molecular weight excluding hydrogens is 254 g/mol. The van der Waals surface area contributed by atoms with Crippen LogP contribution in [0, 0.1) is 6.92 Å². The number of rotatable bonds is 3. The van der Waals surface area contributed by atoms with E-state index in [1.807, 2.05) is 19.1 Å². The number of anilines is 1. The number of carboxylic acid groups (broad SMARTS) is 1. The highest BCUT2D eigenvalue weighted by Gasteiger charge is 2.22. The number of hydrogen-bond donors (Lipinski definition) is 2. The highest BCUT2D eigenvalue weighted by Crippen LogP contribution is 2.33. The number of nitrogens with two attached hydrogens (primary N) is 1. The molecule has 0 spiro atoms. The van der Waals surface area contributed by atoms with Crippen LogP contribution in [0.15, 0.2) is 18.2 Å². The fourth-order valence-corrected chi connectivity index (χ4v) is 2.22. The third-order valence-electron chi connectivity index (χ3n) is 3.49. The zero-order chi connectivity index (χ0) is 15.0. The Morgan fingerprint density at radius 3 is 2.60 bits per heavy atom. The van der Waals surface area contributed by atoms with Crippen LogP contribution in [0.4, 0.5) is 5.82 Å². The van der Waals surface area contributed by atoms with Gasteiger partial charge < -0.3 is 10.8 Å². The number of aromatic carboxylic acids is 1. The van der Waals surface area contributed by atoms with Crippen LogP contribution in [0.2, 0.25) is 0 Å². The minimum atomic E-state index is -1.07. The molecule has 0 saturated heterocycles. The minimum Gasteiger partial charge on any atom is -0.476 e. The van der Waals surface area contributed by atoms with E-state index in [4.69, 9.17) is 5.73 Å². The maximum absolute atomic E-state index is 11.4. The average molecular weight is 273 g/mol. The SMILES string of the molecule is Cc1ccc(C(C)C)cc1-c1c(C(=O)O)nn(C)c1N. The van der Waals surface area contributed by atoms with Crippen molar-refractivity contribution in [2.24, 2.45) is 7.05 Å². The lowest BCUT2D eigenvalue weighted by Crippen LogP contribution is -2.01. The van der Waals surface area contributed by atoms with Crippen molar-refractivity contribution in [1.29, 1.82) is 0 Å². The number of benzene rings is 1. The van der Waals surface area contributed by atoms with Gasteiger partial charge >= 0.3 is 5.97 Å². The molecule has 1 aromatic carbocycles. The van der Waals surface area contributed by atoms with Crippen molar-refractivity contribution in [3.05, 3.63) is 35.0 Å². The largest absolute Gasteiger partial charge is 0.476 e. The van der Waals surface area contributed by atoms with Crippen molar-refractivity contribution in [2.45, 2.75) is 26.7 Å². The Bertz CT molecular complexity index is 672. The van der Waals surface area contributed by atoms with Gasteiger partial charge in [-0.1, -0.05) is 32.0 Å². The van der Waals surface area contributed by atoms with Gasteiger partial charge in [0, 0.05) is 7.05 Å². The molecule has 3 N–H and O–H groups in total. The standard InChI is InChI=1S/C15H19N3O2/c1-8(2)10-6-5-9(3)11(7-10)12-13(15(19)20)17-18(4)14(12)16/h5-8H,16H2,1-4H3,(H,19,20). The normalized spacial score (nSPS) is 11.1. The summed E-state index contributed by atoms with van der Waals surface area (Å²) in [4.78, 5) is 11.4. The van der Waals surface area contributed by atoms with Gasteiger partial charge in [-0.25, -0.2) is 4.79 Å². The van der Waals surface area contributed by atoms with Crippen molar-refractivity contribution in [3.63, 3.8) is 0 Å². The highest BCUT2D eigenvalue weighted by molar-refractivity contribution is 5.98. The van der Waals surface area contributed by atoms with E-state index in [1.165, 1.54) is 4.68 Å². The van der Waals surface area contributed by atoms with E-state index in [1.54, 1.807) is 7.05 Å². The van der Waals surface area contributed by atoms with Crippen LogP contribution in [-0.4, -0.2) is 20.9 Å². The van der Waals surface area contributed by atoms with Crippen LogP contribution in [0.3, 0.4) is 0 Å². The zero-order valence-corrected chi connectivity index (χ0v) is 12.1. The van der Waals surface area contributed by atoms with Gasteiger partial charge in [0.1, 0.15) is 5.82 Å². The summed E-state index contributed by atoms with van der Waals surface area (Å²) in [7, 11) is 1.65. The molecule has 5 heteroatoms. The number of nitrogens with zero attached hydrogens (tertiary/aromatic N) is 2. The van der Waals surface area contributed by atoms with Gasteiger partial charge in [0.25, 0.3) is 0 Å².